The van der Waals surface area contributed by atoms with E-state index < -0.39 is 0 Å². The summed E-state index contributed by atoms with van der Waals surface area (Å²) in [7, 11) is 0. The van der Waals surface area contributed by atoms with E-state index in [0.29, 0.717) is 40.2 Å². The molecule has 34 heavy (non-hydrogen) atoms. The second-order valence-electron chi connectivity index (χ2n) is 8.09. The van der Waals surface area contributed by atoms with E-state index in [4.69, 9.17) is 26.3 Å². The molecule has 0 atom stereocenters. The number of ether oxygens (including phenoxy) is 1. The van der Waals surface area contributed by atoms with Gasteiger partial charge in [0.05, 0.1) is 17.9 Å². The molecule has 0 saturated carbocycles. The molecule has 172 valence electrons. The van der Waals surface area contributed by atoms with Crippen molar-refractivity contribution in [3.8, 4) is 23.0 Å². The van der Waals surface area contributed by atoms with Crippen LogP contribution in [0.1, 0.15) is 33.5 Å². The average molecular weight is 494 g/mol. The van der Waals surface area contributed by atoms with Crippen molar-refractivity contribution in [3.63, 3.8) is 0 Å². The Kier molecular flexibility index (Phi) is 6.25. The average Bonchev–Trinajstić information content (AvgIpc) is 2.83. The fraction of sp³-hybridized carbons (Fsp3) is 0.192. The van der Waals surface area contributed by atoms with Crippen molar-refractivity contribution >= 4 is 23.4 Å². The van der Waals surface area contributed by atoms with Crippen LogP contribution in [0.25, 0.3) is 11.4 Å². The SMILES string of the molecule is Cc1ccccc1-c1nc2c(c(SCc3ccc(F)cc3Cl)n1)Cc1c(CO)cnc(C)c1O2. The standard InChI is InChI=1S/C26H21ClFN3O2S/c1-14-5-3-4-6-19(14)24-30-25-21(10-20-17(12-32)11-29-15(2)23(20)33-25)26(31-24)34-13-16-7-8-18(28)9-22(16)27/h3-9,11,32H,10,12-13H2,1-2H3. The van der Waals surface area contributed by atoms with Crippen molar-refractivity contribution < 1.29 is 14.2 Å². The number of thioether (sulfide) groups is 1. The van der Waals surface area contributed by atoms with Gasteiger partial charge in [0.1, 0.15) is 10.8 Å². The molecule has 0 saturated heterocycles. The molecule has 2 aromatic carbocycles. The molecular weight excluding hydrogens is 473 g/mol. The zero-order chi connectivity index (χ0) is 23.8. The molecule has 5 nitrogen and oxygen atoms in total. The number of fused-ring (bicyclic) bond motifs is 2. The van der Waals surface area contributed by atoms with E-state index in [9.17, 15) is 9.50 Å². The predicted molar refractivity (Wildman–Crippen MR) is 131 cm³/mol. The van der Waals surface area contributed by atoms with Gasteiger partial charge in [-0.2, -0.15) is 4.98 Å². The van der Waals surface area contributed by atoms with Gasteiger partial charge in [-0.25, -0.2) is 9.37 Å². The van der Waals surface area contributed by atoms with Gasteiger partial charge in [0.2, 0.25) is 5.88 Å². The number of benzene rings is 2. The fourth-order valence-electron chi connectivity index (χ4n) is 3.94. The van der Waals surface area contributed by atoms with Crippen LogP contribution in [0.3, 0.4) is 0 Å². The minimum absolute atomic E-state index is 0.135. The highest BCUT2D eigenvalue weighted by atomic mass is 35.5. The smallest absolute Gasteiger partial charge is 0.227 e. The Labute approximate surface area is 206 Å². The summed E-state index contributed by atoms with van der Waals surface area (Å²) in [4.78, 5) is 14.0. The van der Waals surface area contributed by atoms with Crippen molar-refractivity contribution in [2.75, 3.05) is 0 Å². The van der Waals surface area contributed by atoms with Crippen LogP contribution >= 0.6 is 23.4 Å². The van der Waals surface area contributed by atoms with E-state index in [1.54, 1.807) is 12.3 Å². The highest BCUT2D eigenvalue weighted by molar-refractivity contribution is 7.98. The van der Waals surface area contributed by atoms with Crippen LogP contribution in [-0.2, 0) is 18.8 Å². The first-order valence-electron chi connectivity index (χ1n) is 10.7. The number of aliphatic hydroxyl groups is 1. The summed E-state index contributed by atoms with van der Waals surface area (Å²) < 4.78 is 19.8. The van der Waals surface area contributed by atoms with Crippen LogP contribution in [0.2, 0.25) is 5.02 Å². The lowest BCUT2D eigenvalue weighted by Crippen LogP contribution is -2.13. The summed E-state index contributed by atoms with van der Waals surface area (Å²) >= 11 is 7.76. The second kappa shape index (κ2) is 9.33. The Balaban J connectivity index is 1.61. The topological polar surface area (TPSA) is 68.1 Å². The second-order valence-corrected chi connectivity index (χ2v) is 9.46. The maximum absolute atomic E-state index is 13.5. The molecule has 0 radical (unpaired) electrons. The van der Waals surface area contributed by atoms with Crippen molar-refractivity contribution in [2.45, 2.75) is 37.7 Å². The van der Waals surface area contributed by atoms with E-state index in [-0.39, 0.29) is 12.4 Å². The normalized spacial score (nSPS) is 12.1. The third-order valence-corrected chi connectivity index (χ3v) is 7.24. The molecule has 8 heteroatoms. The van der Waals surface area contributed by atoms with Crippen LogP contribution in [0, 0.1) is 19.7 Å². The number of pyridine rings is 1. The summed E-state index contributed by atoms with van der Waals surface area (Å²) in [5.41, 5.74) is 5.96. The maximum atomic E-state index is 13.5. The van der Waals surface area contributed by atoms with Gasteiger partial charge in [-0.15, -0.1) is 11.8 Å². The van der Waals surface area contributed by atoms with Gasteiger partial charge in [-0.3, -0.25) is 4.98 Å². The summed E-state index contributed by atoms with van der Waals surface area (Å²) in [6, 6.07) is 12.3. The quantitative estimate of drug-likeness (QED) is 0.225. The molecule has 0 spiro atoms. The summed E-state index contributed by atoms with van der Waals surface area (Å²) in [5, 5.41) is 11.0. The Morgan fingerprint density at radius 3 is 2.68 bits per heavy atom. The van der Waals surface area contributed by atoms with Crippen LogP contribution in [0.4, 0.5) is 4.39 Å². The van der Waals surface area contributed by atoms with Crippen LogP contribution in [0.5, 0.6) is 11.6 Å². The molecule has 0 unspecified atom stereocenters. The van der Waals surface area contributed by atoms with Crippen molar-refractivity contribution in [1.82, 2.24) is 15.0 Å². The molecule has 4 aromatic rings. The minimum atomic E-state index is -0.370. The lowest BCUT2D eigenvalue weighted by molar-refractivity contribution is 0.278. The van der Waals surface area contributed by atoms with Crippen LogP contribution in [-0.4, -0.2) is 20.1 Å². The lowest BCUT2D eigenvalue weighted by Gasteiger charge is -2.24. The van der Waals surface area contributed by atoms with E-state index in [1.807, 2.05) is 38.1 Å². The first kappa shape index (κ1) is 22.8. The molecule has 1 aliphatic rings. The zero-order valence-electron chi connectivity index (χ0n) is 18.6. The van der Waals surface area contributed by atoms with E-state index in [0.717, 1.165) is 38.5 Å². The number of aryl methyl sites for hydroxylation is 2. The van der Waals surface area contributed by atoms with E-state index >= 15 is 0 Å². The fourth-order valence-corrected chi connectivity index (χ4v) is 5.28. The van der Waals surface area contributed by atoms with Crippen molar-refractivity contribution in [3.05, 3.63) is 93.0 Å². The number of hydrogen-bond acceptors (Lipinski definition) is 6. The van der Waals surface area contributed by atoms with Crippen LogP contribution < -0.4 is 4.74 Å². The maximum Gasteiger partial charge on any atom is 0.227 e. The zero-order valence-corrected chi connectivity index (χ0v) is 20.2. The molecule has 0 fully saturated rings. The summed E-state index contributed by atoms with van der Waals surface area (Å²) in [6.07, 6.45) is 2.19. The highest BCUT2D eigenvalue weighted by Gasteiger charge is 2.28. The minimum Gasteiger partial charge on any atom is -0.436 e. The van der Waals surface area contributed by atoms with E-state index in [2.05, 4.69) is 4.98 Å². The summed E-state index contributed by atoms with van der Waals surface area (Å²) in [6.45, 7) is 3.76. The molecule has 1 aliphatic heterocycles. The number of aromatic nitrogens is 3. The van der Waals surface area contributed by atoms with Gasteiger partial charge in [0.25, 0.3) is 0 Å². The third-order valence-electron chi connectivity index (χ3n) is 5.82. The first-order valence-corrected chi connectivity index (χ1v) is 12.1. The monoisotopic (exact) mass is 493 g/mol. The molecule has 0 bridgehead atoms. The Hall–Kier alpha value is -3.00. The molecule has 0 aliphatic carbocycles. The molecule has 2 aromatic heterocycles. The number of hydrogen-bond donors (Lipinski definition) is 1. The third kappa shape index (κ3) is 4.27. The highest BCUT2D eigenvalue weighted by Crippen LogP contribution is 2.43. The van der Waals surface area contributed by atoms with Gasteiger partial charge in [-0.05, 0) is 37.1 Å². The molecule has 1 N–H and O–H groups in total. The van der Waals surface area contributed by atoms with Gasteiger partial charge in [0.15, 0.2) is 11.6 Å². The summed E-state index contributed by atoms with van der Waals surface area (Å²) in [5.74, 6) is 1.81. The molecular formula is C26H21ClFN3O2S. The van der Waals surface area contributed by atoms with Gasteiger partial charge >= 0.3 is 0 Å². The Morgan fingerprint density at radius 2 is 1.91 bits per heavy atom. The van der Waals surface area contributed by atoms with E-state index in [1.165, 1.54) is 23.9 Å². The Bertz CT molecular complexity index is 1410. The van der Waals surface area contributed by atoms with Gasteiger partial charge < -0.3 is 9.84 Å². The molecule has 0 amide bonds. The lowest BCUT2D eigenvalue weighted by atomic mass is 9.99. The van der Waals surface area contributed by atoms with Crippen molar-refractivity contribution in [1.29, 1.82) is 0 Å². The number of halogens is 2. The van der Waals surface area contributed by atoms with Gasteiger partial charge in [-0.1, -0.05) is 41.9 Å². The first-order chi connectivity index (χ1) is 16.4. The molecule has 5 rings (SSSR count). The number of rotatable bonds is 5. The Morgan fingerprint density at radius 1 is 1.09 bits per heavy atom. The number of aliphatic hydroxyl groups excluding tert-OH is 1. The van der Waals surface area contributed by atoms with Crippen LogP contribution in [0.15, 0.2) is 53.7 Å². The molecule has 3 heterocycles. The van der Waals surface area contributed by atoms with Gasteiger partial charge in [0, 0.05) is 40.1 Å². The van der Waals surface area contributed by atoms with Crippen molar-refractivity contribution in [2.24, 2.45) is 0 Å². The predicted octanol–water partition coefficient (Wildman–Crippen LogP) is 6.43. The largest absolute Gasteiger partial charge is 0.436 e. The number of nitrogens with zero attached hydrogens (tertiary/aromatic N) is 3.